The minimum absolute atomic E-state index is 0.0560. The fraction of sp³-hybridized carbons (Fsp3) is 0.500. The molecule has 0 amide bonds. The van der Waals surface area contributed by atoms with Gasteiger partial charge < -0.3 is 0 Å². The van der Waals surface area contributed by atoms with Crippen LogP contribution in [-0.2, 0) is 11.8 Å². The largest absolute Gasteiger partial charge is 0.287 e. The molecule has 0 bridgehead atoms. The molecule has 0 spiro atoms. The Morgan fingerprint density at radius 2 is 1.93 bits per heavy atom. The van der Waals surface area contributed by atoms with Crippen molar-refractivity contribution in [3.05, 3.63) is 30.0 Å². The average Bonchev–Trinajstić information content (AvgIpc) is 2.59. The third kappa shape index (κ3) is 1.74. The van der Waals surface area contributed by atoms with E-state index in [-0.39, 0.29) is 5.41 Å². The molecule has 2 heterocycles. The Labute approximate surface area is 90.2 Å². The molecule has 2 rings (SSSR count). The van der Waals surface area contributed by atoms with E-state index >= 15 is 0 Å². The summed E-state index contributed by atoms with van der Waals surface area (Å²) in [6.07, 6.45) is 6.89. The Bertz CT molecular complexity index is 477. The van der Waals surface area contributed by atoms with Crippen molar-refractivity contribution in [2.24, 2.45) is 0 Å². The van der Waals surface area contributed by atoms with E-state index in [0.29, 0.717) is 0 Å². The first-order chi connectivity index (χ1) is 7.02. The lowest BCUT2D eigenvalue weighted by Crippen LogP contribution is -2.16. The van der Waals surface area contributed by atoms with Crippen molar-refractivity contribution < 1.29 is 0 Å². The molecule has 0 aliphatic heterocycles. The van der Waals surface area contributed by atoms with Gasteiger partial charge in [-0.1, -0.05) is 27.7 Å². The van der Waals surface area contributed by atoms with Crippen LogP contribution in [0.5, 0.6) is 0 Å². The van der Waals surface area contributed by atoms with E-state index in [1.54, 1.807) is 0 Å². The Balaban J connectivity index is 2.67. The summed E-state index contributed by atoms with van der Waals surface area (Å²) >= 11 is 0. The lowest BCUT2D eigenvalue weighted by molar-refractivity contribution is 0.542. The van der Waals surface area contributed by atoms with E-state index in [1.807, 2.05) is 12.4 Å². The molecule has 2 aromatic rings. The molecule has 3 nitrogen and oxygen atoms in total. The van der Waals surface area contributed by atoms with Crippen LogP contribution in [0.1, 0.15) is 39.1 Å². The van der Waals surface area contributed by atoms with Crippen molar-refractivity contribution in [3.63, 3.8) is 0 Å². The van der Waals surface area contributed by atoms with Gasteiger partial charge in [-0.25, -0.2) is 9.97 Å². The molecule has 15 heavy (non-hydrogen) atoms. The lowest BCUT2D eigenvalue weighted by atomic mass is 9.96. The van der Waals surface area contributed by atoms with Crippen LogP contribution in [0, 0.1) is 0 Å². The molecule has 0 aliphatic rings. The van der Waals surface area contributed by atoms with E-state index in [1.165, 1.54) is 5.56 Å². The van der Waals surface area contributed by atoms with Crippen LogP contribution < -0.4 is 0 Å². The number of aryl methyl sites for hydroxylation is 1. The van der Waals surface area contributed by atoms with Gasteiger partial charge in [0.25, 0.3) is 0 Å². The number of aromatic nitrogens is 3. The van der Waals surface area contributed by atoms with Crippen LogP contribution in [0.3, 0.4) is 0 Å². The number of nitrogens with zero attached hydrogens (tertiary/aromatic N) is 3. The van der Waals surface area contributed by atoms with Crippen molar-refractivity contribution in [2.75, 3.05) is 0 Å². The Kier molecular flexibility index (Phi) is 2.25. The van der Waals surface area contributed by atoms with E-state index in [4.69, 9.17) is 0 Å². The second kappa shape index (κ2) is 3.33. The van der Waals surface area contributed by atoms with Gasteiger partial charge in [0.15, 0.2) is 5.65 Å². The normalized spacial score (nSPS) is 12.3. The van der Waals surface area contributed by atoms with Gasteiger partial charge in [0.2, 0.25) is 0 Å². The summed E-state index contributed by atoms with van der Waals surface area (Å²) in [6, 6.07) is 0. The second-order valence-corrected chi connectivity index (χ2v) is 4.88. The standard InChI is InChI=1S/C12H17N3/c1-5-9-6-13-10-7-14-11(12(2,3)4)15(10)8-9/h6-8H,5H2,1-4H3. The summed E-state index contributed by atoms with van der Waals surface area (Å²) in [5, 5.41) is 0. The second-order valence-electron chi connectivity index (χ2n) is 4.88. The van der Waals surface area contributed by atoms with Crippen LogP contribution in [0.4, 0.5) is 0 Å². The first-order valence-electron chi connectivity index (χ1n) is 5.35. The Morgan fingerprint density at radius 3 is 2.53 bits per heavy atom. The molecular weight excluding hydrogens is 186 g/mol. The topological polar surface area (TPSA) is 30.2 Å². The quantitative estimate of drug-likeness (QED) is 0.713. The molecule has 0 aromatic carbocycles. The van der Waals surface area contributed by atoms with E-state index < -0.39 is 0 Å². The molecule has 0 radical (unpaired) electrons. The number of hydrogen-bond acceptors (Lipinski definition) is 2. The fourth-order valence-corrected chi connectivity index (χ4v) is 1.66. The maximum Gasteiger partial charge on any atom is 0.156 e. The highest BCUT2D eigenvalue weighted by Gasteiger charge is 2.19. The molecule has 2 aromatic heterocycles. The maximum atomic E-state index is 4.44. The minimum atomic E-state index is 0.0560. The van der Waals surface area contributed by atoms with E-state index in [0.717, 1.165) is 17.9 Å². The molecule has 0 aliphatic carbocycles. The number of rotatable bonds is 1. The van der Waals surface area contributed by atoms with Gasteiger partial charge in [-0.3, -0.25) is 4.40 Å². The van der Waals surface area contributed by atoms with Crippen molar-refractivity contribution in [3.8, 4) is 0 Å². The predicted octanol–water partition coefficient (Wildman–Crippen LogP) is 2.59. The van der Waals surface area contributed by atoms with Crippen LogP contribution in [0.2, 0.25) is 0 Å². The summed E-state index contributed by atoms with van der Waals surface area (Å²) in [5.41, 5.74) is 2.23. The summed E-state index contributed by atoms with van der Waals surface area (Å²) in [7, 11) is 0. The highest BCUT2D eigenvalue weighted by atomic mass is 15.1. The number of fused-ring (bicyclic) bond motifs is 1. The van der Waals surface area contributed by atoms with E-state index in [9.17, 15) is 0 Å². The van der Waals surface area contributed by atoms with Crippen molar-refractivity contribution in [1.82, 2.24) is 14.4 Å². The SMILES string of the molecule is CCc1cnc2cnc(C(C)(C)C)n2c1. The fourth-order valence-electron chi connectivity index (χ4n) is 1.66. The molecule has 0 saturated carbocycles. The molecule has 0 unspecified atom stereocenters. The van der Waals surface area contributed by atoms with Crippen molar-refractivity contribution in [2.45, 2.75) is 39.5 Å². The van der Waals surface area contributed by atoms with E-state index in [2.05, 4.69) is 48.3 Å². The van der Waals surface area contributed by atoms with Crippen LogP contribution >= 0.6 is 0 Å². The van der Waals surface area contributed by atoms with Gasteiger partial charge in [-0.05, 0) is 12.0 Å². The molecule has 0 atom stereocenters. The Hall–Kier alpha value is -1.38. The zero-order chi connectivity index (χ0) is 11.1. The van der Waals surface area contributed by atoms with Crippen molar-refractivity contribution in [1.29, 1.82) is 0 Å². The molecule has 0 saturated heterocycles. The minimum Gasteiger partial charge on any atom is -0.287 e. The molecule has 3 heteroatoms. The molecule has 0 N–H and O–H groups in total. The monoisotopic (exact) mass is 203 g/mol. The number of hydrogen-bond donors (Lipinski definition) is 0. The van der Waals surface area contributed by atoms with Crippen LogP contribution in [0.15, 0.2) is 18.6 Å². The highest BCUT2D eigenvalue weighted by molar-refractivity contribution is 5.39. The van der Waals surface area contributed by atoms with Crippen molar-refractivity contribution >= 4 is 5.65 Å². The zero-order valence-electron chi connectivity index (χ0n) is 9.78. The predicted molar refractivity (Wildman–Crippen MR) is 61.1 cm³/mol. The summed E-state index contributed by atoms with van der Waals surface area (Å²) < 4.78 is 2.10. The smallest absolute Gasteiger partial charge is 0.156 e. The average molecular weight is 203 g/mol. The molecule has 80 valence electrons. The first-order valence-corrected chi connectivity index (χ1v) is 5.35. The molecule has 0 fully saturated rings. The summed E-state index contributed by atoms with van der Waals surface area (Å²) in [6.45, 7) is 8.64. The maximum absolute atomic E-state index is 4.44. The lowest BCUT2D eigenvalue weighted by Gasteiger charge is -2.16. The van der Waals surface area contributed by atoms with Crippen LogP contribution in [-0.4, -0.2) is 14.4 Å². The zero-order valence-corrected chi connectivity index (χ0v) is 9.78. The van der Waals surface area contributed by atoms with Gasteiger partial charge in [0, 0.05) is 17.8 Å². The summed E-state index contributed by atoms with van der Waals surface area (Å²) in [5.74, 6) is 1.07. The van der Waals surface area contributed by atoms with Crippen LogP contribution in [0.25, 0.3) is 5.65 Å². The molecular formula is C12H17N3. The Morgan fingerprint density at radius 1 is 1.20 bits per heavy atom. The van der Waals surface area contributed by atoms with Gasteiger partial charge in [-0.2, -0.15) is 0 Å². The van der Waals surface area contributed by atoms with Gasteiger partial charge in [0.1, 0.15) is 5.82 Å². The summed E-state index contributed by atoms with van der Waals surface area (Å²) in [4.78, 5) is 8.83. The third-order valence-corrected chi connectivity index (χ3v) is 2.51. The highest BCUT2D eigenvalue weighted by Crippen LogP contribution is 2.21. The van der Waals surface area contributed by atoms with Gasteiger partial charge in [0.05, 0.1) is 6.20 Å². The number of imidazole rings is 1. The van der Waals surface area contributed by atoms with Gasteiger partial charge >= 0.3 is 0 Å². The first kappa shape index (κ1) is 10.1. The van der Waals surface area contributed by atoms with Gasteiger partial charge in [-0.15, -0.1) is 0 Å². The third-order valence-electron chi connectivity index (χ3n) is 2.51.